The molecule has 0 aliphatic carbocycles. The highest BCUT2D eigenvalue weighted by Gasteiger charge is 2.20. The lowest BCUT2D eigenvalue weighted by atomic mass is 10.0. The largest absolute Gasteiger partial charge is 0.434 e. The standard InChI is InChI=1S/C11H15F2NO2/c1-2-8(14)10(15)7-5-3-4-6-9(7)16-11(12)13/h3-6,8,10-11,15H,2,14H2,1H3. The minimum absolute atomic E-state index is 0.0334. The molecule has 1 aromatic rings. The molecule has 0 aliphatic heterocycles. The average molecular weight is 231 g/mol. The van der Waals surface area contributed by atoms with E-state index in [0.29, 0.717) is 6.42 Å². The molecule has 0 aliphatic rings. The van der Waals surface area contributed by atoms with Gasteiger partial charge >= 0.3 is 6.61 Å². The van der Waals surface area contributed by atoms with Crippen molar-refractivity contribution in [1.82, 2.24) is 0 Å². The first-order valence-corrected chi connectivity index (χ1v) is 5.03. The lowest BCUT2D eigenvalue weighted by molar-refractivity contribution is -0.0518. The van der Waals surface area contributed by atoms with E-state index in [-0.39, 0.29) is 11.3 Å². The minimum Gasteiger partial charge on any atom is -0.434 e. The molecule has 90 valence electrons. The molecule has 0 fully saturated rings. The molecular weight excluding hydrogens is 216 g/mol. The summed E-state index contributed by atoms with van der Waals surface area (Å²) in [7, 11) is 0. The number of rotatable bonds is 5. The number of alkyl halides is 2. The van der Waals surface area contributed by atoms with Gasteiger partial charge in [-0.05, 0) is 12.5 Å². The van der Waals surface area contributed by atoms with Crippen LogP contribution in [0.1, 0.15) is 25.0 Å². The van der Waals surface area contributed by atoms with Crippen LogP contribution in [0.15, 0.2) is 24.3 Å². The molecule has 16 heavy (non-hydrogen) atoms. The van der Waals surface area contributed by atoms with Gasteiger partial charge in [0.1, 0.15) is 5.75 Å². The number of aliphatic hydroxyl groups excluding tert-OH is 1. The van der Waals surface area contributed by atoms with Gasteiger partial charge in [-0.1, -0.05) is 25.1 Å². The second-order valence-corrected chi connectivity index (χ2v) is 3.43. The fourth-order valence-corrected chi connectivity index (χ4v) is 1.38. The van der Waals surface area contributed by atoms with Gasteiger partial charge in [0.2, 0.25) is 0 Å². The van der Waals surface area contributed by atoms with E-state index in [9.17, 15) is 13.9 Å². The van der Waals surface area contributed by atoms with E-state index in [1.807, 2.05) is 6.92 Å². The molecule has 0 saturated heterocycles. The van der Waals surface area contributed by atoms with Crippen molar-refractivity contribution in [2.24, 2.45) is 5.73 Å². The number of nitrogens with two attached hydrogens (primary N) is 1. The molecule has 0 bridgehead atoms. The highest BCUT2D eigenvalue weighted by molar-refractivity contribution is 5.35. The van der Waals surface area contributed by atoms with Gasteiger partial charge in [0, 0.05) is 11.6 Å². The predicted octanol–water partition coefficient (Wildman–Crippen LogP) is 2.06. The lowest BCUT2D eigenvalue weighted by Crippen LogP contribution is -2.27. The Kier molecular flexibility index (Phi) is 4.64. The first kappa shape index (κ1) is 12.9. The van der Waals surface area contributed by atoms with Crippen molar-refractivity contribution in [3.05, 3.63) is 29.8 Å². The van der Waals surface area contributed by atoms with Crippen LogP contribution in [0.4, 0.5) is 8.78 Å². The van der Waals surface area contributed by atoms with Gasteiger partial charge in [-0.3, -0.25) is 0 Å². The van der Waals surface area contributed by atoms with E-state index in [1.54, 1.807) is 12.1 Å². The van der Waals surface area contributed by atoms with E-state index in [1.165, 1.54) is 12.1 Å². The number of halogens is 2. The van der Waals surface area contributed by atoms with Crippen LogP contribution in [0, 0.1) is 0 Å². The van der Waals surface area contributed by atoms with Gasteiger partial charge in [0.05, 0.1) is 6.10 Å². The molecule has 0 heterocycles. The summed E-state index contributed by atoms with van der Waals surface area (Å²) in [6, 6.07) is 5.61. The highest BCUT2D eigenvalue weighted by Crippen LogP contribution is 2.28. The first-order valence-electron chi connectivity index (χ1n) is 5.03. The molecule has 0 amide bonds. The quantitative estimate of drug-likeness (QED) is 0.815. The minimum atomic E-state index is -2.91. The number of aliphatic hydroxyl groups is 1. The third-order valence-electron chi connectivity index (χ3n) is 2.33. The third kappa shape index (κ3) is 3.15. The number of para-hydroxylation sites is 1. The van der Waals surface area contributed by atoms with Gasteiger partial charge < -0.3 is 15.6 Å². The Bertz CT molecular complexity index is 334. The molecule has 5 heteroatoms. The summed E-state index contributed by atoms with van der Waals surface area (Å²) in [6.45, 7) is -1.10. The second kappa shape index (κ2) is 5.77. The van der Waals surface area contributed by atoms with Gasteiger partial charge in [0.25, 0.3) is 0 Å². The number of benzene rings is 1. The van der Waals surface area contributed by atoms with Crippen LogP contribution in [0.25, 0.3) is 0 Å². The van der Waals surface area contributed by atoms with E-state index < -0.39 is 18.8 Å². The monoisotopic (exact) mass is 231 g/mol. The number of ether oxygens (including phenoxy) is 1. The normalized spacial score (nSPS) is 14.9. The van der Waals surface area contributed by atoms with Crippen molar-refractivity contribution >= 4 is 0 Å². The van der Waals surface area contributed by atoms with E-state index >= 15 is 0 Å². The van der Waals surface area contributed by atoms with Crippen molar-refractivity contribution in [3.8, 4) is 5.75 Å². The molecule has 2 unspecified atom stereocenters. The van der Waals surface area contributed by atoms with Gasteiger partial charge in [-0.2, -0.15) is 8.78 Å². The zero-order valence-electron chi connectivity index (χ0n) is 8.94. The van der Waals surface area contributed by atoms with Crippen molar-refractivity contribution in [2.45, 2.75) is 32.1 Å². The Morgan fingerprint density at radius 3 is 2.56 bits per heavy atom. The summed E-state index contributed by atoms with van der Waals surface area (Å²) in [5.41, 5.74) is 5.94. The van der Waals surface area contributed by atoms with Gasteiger partial charge in [-0.15, -0.1) is 0 Å². The molecule has 3 N–H and O–H groups in total. The van der Waals surface area contributed by atoms with Gasteiger partial charge in [-0.25, -0.2) is 0 Å². The van der Waals surface area contributed by atoms with Crippen LogP contribution in [-0.4, -0.2) is 17.8 Å². The molecule has 3 nitrogen and oxygen atoms in total. The smallest absolute Gasteiger partial charge is 0.387 e. The van der Waals surface area contributed by atoms with Crippen LogP contribution in [0.3, 0.4) is 0 Å². The van der Waals surface area contributed by atoms with Gasteiger partial charge in [0.15, 0.2) is 0 Å². The maximum absolute atomic E-state index is 12.1. The first-order chi connectivity index (χ1) is 7.56. The van der Waals surface area contributed by atoms with Crippen LogP contribution in [0.5, 0.6) is 5.75 Å². The Morgan fingerprint density at radius 2 is 2.00 bits per heavy atom. The fraction of sp³-hybridized carbons (Fsp3) is 0.455. The zero-order valence-corrected chi connectivity index (χ0v) is 8.94. The Hall–Kier alpha value is -1.20. The maximum atomic E-state index is 12.1. The van der Waals surface area contributed by atoms with Crippen molar-refractivity contribution < 1.29 is 18.6 Å². The average Bonchev–Trinajstić information content (AvgIpc) is 2.27. The zero-order chi connectivity index (χ0) is 12.1. The Balaban J connectivity index is 2.93. The molecule has 2 atom stereocenters. The summed E-state index contributed by atoms with van der Waals surface area (Å²) in [5.74, 6) is -0.0334. The third-order valence-corrected chi connectivity index (χ3v) is 2.33. The van der Waals surface area contributed by atoms with E-state index in [2.05, 4.69) is 4.74 Å². The van der Waals surface area contributed by atoms with E-state index in [4.69, 9.17) is 5.73 Å². The van der Waals surface area contributed by atoms with Crippen LogP contribution < -0.4 is 10.5 Å². The lowest BCUT2D eigenvalue weighted by Gasteiger charge is -2.20. The number of hydrogen-bond donors (Lipinski definition) is 2. The summed E-state index contributed by atoms with van der Waals surface area (Å²) in [5, 5.41) is 9.83. The molecule has 1 aromatic carbocycles. The Labute approximate surface area is 92.8 Å². The van der Waals surface area contributed by atoms with E-state index in [0.717, 1.165) is 0 Å². The van der Waals surface area contributed by atoms with Crippen molar-refractivity contribution in [1.29, 1.82) is 0 Å². The number of hydrogen-bond acceptors (Lipinski definition) is 3. The van der Waals surface area contributed by atoms with Crippen LogP contribution in [0.2, 0.25) is 0 Å². The van der Waals surface area contributed by atoms with Crippen molar-refractivity contribution in [2.75, 3.05) is 0 Å². The fourth-order valence-electron chi connectivity index (χ4n) is 1.38. The van der Waals surface area contributed by atoms with Crippen LogP contribution in [-0.2, 0) is 0 Å². The SMILES string of the molecule is CCC(N)C(O)c1ccccc1OC(F)F. The predicted molar refractivity (Wildman–Crippen MR) is 56.3 cm³/mol. The molecule has 0 spiro atoms. The molecule has 1 rings (SSSR count). The highest BCUT2D eigenvalue weighted by atomic mass is 19.3. The van der Waals surface area contributed by atoms with Crippen LogP contribution >= 0.6 is 0 Å². The molecular formula is C11H15F2NO2. The summed E-state index contributed by atoms with van der Waals surface area (Å²) in [4.78, 5) is 0. The molecule has 0 radical (unpaired) electrons. The molecule has 0 aromatic heterocycles. The maximum Gasteiger partial charge on any atom is 0.387 e. The second-order valence-electron chi connectivity index (χ2n) is 3.43. The molecule has 0 saturated carbocycles. The summed E-state index contributed by atoms with van der Waals surface area (Å²) < 4.78 is 28.5. The summed E-state index contributed by atoms with van der Waals surface area (Å²) >= 11 is 0. The summed E-state index contributed by atoms with van der Waals surface area (Å²) in [6.07, 6.45) is -0.454. The topological polar surface area (TPSA) is 55.5 Å². The van der Waals surface area contributed by atoms with Crippen molar-refractivity contribution in [3.63, 3.8) is 0 Å². The Morgan fingerprint density at radius 1 is 1.38 bits per heavy atom.